The van der Waals surface area contributed by atoms with Crippen LogP contribution in [0.2, 0.25) is 0 Å². The number of hydrogen-bond acceptors (Lipinski definition) is 2. The first-order valence-electron chi connectivity index (χ1n) is 7.58. The molecule has 2 bridgehead atoms. The first-order valence-corrected chi connectivity index (χ1v) is 7.58. The molecule has 17 heavy (non-hydrogen) atoms. The Morgan fingerprint density at radius 3 is 2.24 bits per heavy atom. The monoisotopic (exact) mass is 238 g/mol. The minimum Gasteiger partial charge on any atom is -0.298 e. The third-order valence-corrected chi connectivity index (χ3v) is 5.29. The summed E-state index contributed by atoms with van der Waals surface area (Å²) >= 11 is 0. The second-order valence-electron chi connectivity index (χ2n) is 6.41. The fourth-order valence-electron chi connectivity index (χ4n) is 4.15. The molecule has 4 atom stereocenters. The van der Waals surface area contributed by atoms with Crippen LogP contribution in [0.4, 0.5) is 0 Å². The maximum Gasteiger partial charge on any atom is 0.0338 e. The van der Waals surface area contributed by atoms with Crippen molar-refractivity contribution in [3.63, 3.8) is 0 Å². The van der Waals surface area contributed by atoms with Gasteiger partial charge in [0.15, 0.2) is 0 Å². The van der Waals surface area contributed by atoms with Crippen LogP contribution in [0.1, 0.15) is 53.9 Å². The predicted molar refractivity (Wildman–Crippen MR) is 74.3 cm³/mol. The first kappa shape index (κ1) is 13.4. The molecule has 0 aromatic carbocycles. The minimum absolute atomic E-state index is 0.464. The van der Waals surface area contributed by atoms with Gasteiger partial charge in [0, 0.05) is 37.3 Å². The average Bonchev–Trinajstić information content (AvgIpc) is 2.37. The quantitative estimate of drug-likeness (QED) is 0.743. The fraction of sp³-hybridized carbons (Fsp3) is 1.00. The highest BCUT2D eigenvalue weighted by atomic mass is 15.4. The molecule has 100 valence electrons. The topological polar surface area (TPSA) is 6.48 Å². The average molecular weight is 238 g/mol. The Bertz CT molecular complexity index is 258. The van der Waals surface area contributed by atoms with E-state index < -0.39 is 0 Å². The Balaban J connectivity index is 2.32. The second kappa shape index (κ2) is 4.89. The standard InChI is InChI=1S/C15H30N2/c1-6-13-9-16-10-14(12(4)5)17(13)15(7-2,8-3)11-16/h12-14H,6-11H2,1-5H3. The molecule has 0 spiro atoms. The largest absolute Gasteiger partial charge is 0.298 e. The Kier molecular flexibility index (Phi) is 3.84. The number of nitrogens with zero attached hydrogens (tertiary/aromatic N) is 2. The van der Waals surface area contributed by atoms with Crippen molar-refractivity contribution in [3.05, 3.63) is 0 Å². The van der Waals surface area contributed by atoms with Gasteiger partial charge in [-0.1, -0.05) is 34.6 Å². The van der Waals surface area contributed by atoms with Gasteiger partial charge >= 0.3 is 0 Å². The van der Waals surface area contributed by atoms with Crippen molar-refractivity contribution >= 4 is 0 Å². The third-order valence-electron chi connectivity index (χ3n) is 5.29. The summed E-state index contributed by atoms with van der Waals surface area (Å²) < 4.78 is 0. The van der Waals surface area contributed by atoms with Crippen LogP contribution < -0.4 is 0 Å². The Labute approximate surface area is 107 Å². The van der Waals surface area contributed by atoms with Gasteiger partial charge in [-0.2, -0.15) is 0 Å². The van der Waals surface area contributed by atoms with Crippen LogP contribution in [0.5, 0.6) is 0 Å². The molecular formula is C15H30N2. The summed E-state index contributed by atoms with van der Waals surface area (Å²) in [7, 11) is 0. The lowest BCUT2D eigenvalue weighted by molar-refractivity contribution is -0.144. The third kappa shape index (κ3) is 2.04. The second-order valence-corrected chi connectivity index (χ2v) is 6.41. The van der Waals surface area contributed by atoms with E-state index in [0.717, 1.165) is 18.0 Å². The molecule has 0 radical (unpaired) electrons. The van der Waals surface area contributed by atoms with Gasteiger partial charge in [0.25, 0.3) is 0 Å². The van der Waals surface area contributed by atoms with Crippen molar-refractivity contribution in [1.82, 2.24) is 9.80 Å². The molecule has 0 amide bonds. The smallest absolute Gasteiger partial charge is 0.0338 e. The number of hydrogen-bond donors (Lipinski definition) is 0. The summed E-state index contributed by atoms with van der Waals surface area (Å²) in [5.74, 6) is 0.782. The van der Waals surface area contributed by atoms with Crippen LogP contribution >= 0.6 is 0 Å². The summed E-state index contributed by atoms with van der Waals surface area (Å²) in [5, 5.41) is 0. The van der Waals surface area contributed by atoms with Crippen LogP contribution in [-0.2, 0) is 0 Å². The number of piperazine rings is 3. The van der Waals surface area contributed by atoms with E-state index in [1.54, 1.807) is 0 Å². The lowest BCUT2D eigenvalue weighted by atomic mass is 9.78. The highest BCUT2D eigenvalue weighted by Gasteiger charge is 2.51. The van der Waals surface area contributed by atoms with Crippen molar-refractivity contribution in [1.29, 1.82) is 0 Å². The highest BCUT2D eigenvalue weighted by Crippen LogP contribution is 2.40. The van der Waals surface area contributed by atoms with E-state index in [1.807, 2.05) is 0 Å². The molecule has 3 rings (SSSR count). The fourth-order valence-corrected chi connectivity index (χ4v) is 4.15. The molecule has 3 aliphatic heterocycles. The van der Waals surface area contributed by atoms with E-state index in [0.29, 0.717) is 5.54 Å². The molecule has 0 saturated carbocycles. The SMILES string of the molecule is CCC1CN2CC(C(C)C)N1C(CC)(CC)C2. The van der Waals surface area contributed by atoms with Crippen LogP contribution in [0.25, 0.3) is 0 Å². The Morgan fingerprint density at radius 2 is 1.76 bits per heavy atom. The van der Waals surface area contributed by atoms with Crippen LogP contribution in [0, 0.1) is 5.92 Å². The van der Waals surface area contributed by atoms with Gasteiger partial charge in [-0.3, -0.25) is 9.80 Å². The molecule has 0 aromatic heterocycles. The molecule has 0 N–H and O–H groups in total. The Hall–Kier alpha value is -0.0800. The van der Waals surface area contributed by atoms with Crippen molar-refractivity contribution in [2.75, 3.05) is 19.6 Å². The van der Waals surface area contributed by atoms with Crippen molar-refractivity contribution < 1.29 is 0 Å². The number of rotatable bonds is 4. The van der Waals surface area contributed by atoms with E-state index in [4.69, 9.17) is 0 Å². The van der Waals surface area contributed by atoms with Crippen LogP contribution in [0.3, 0.4) is 0 Å². The summed E-state index contributed by atoms with van der Waals surface area (Å²) in [6.45, 7) is 15.8. The zero-order valence-corrected chi connectivity index (χ0v) is 12.4. The molecular weight excluding hydrogens is 208 g/mol. The van der Waals surface area contributed by atoms with Crippen LogP contribution in [-0.4, -0.2) is 47.1 Å². The molecule has 3 fully saturated rings. The first-order chi connectivity index (χ1) is 8.07. The molecule has 3 aliphatic rings. The van der Waals surface area contributed by atoms with E-state index >= 15 is 0 Å². The van der Waals surface area contributed by atoms with E-state index in [-0.39, 0.29) is 0 Å². The molecule has 2 nitrogen and oxygen atoms in total. The lowest BCUT2D eigenvalue weighted by Gasteiger charge is -2.64. The van der Waals surface area contributed by atoms with Gasteiger partial charge in [0.2, 0.25) is 0 Å². The normalized spacial score (nSPS) is 39.9. The maximum atomic E-state index is 2.93. The van der Waals surface area contributed by atoms with Gasteiger partial charge in [0.1, 0.15) is 0 Å². The minimum atomic E-state index is 0.464. The van der Waals surface area contributed by atoms with Crippen molar-refractivity contribution in [2.45, 2.75) is 71.5 Å². The van der Waals surface area contributed by atoms with Crippen molar-refractivity contribution in [3.8, 4) is 0 Å². The molecule has 3 saturated heterocycles. The van der Waals surface area contributed by atoms with Gasteiger partial charge in [-0.05, 0) is 25.2 Å². The molecule has 0 aliphatic carbocycles. The van der Waals surface area contributed by atoms with Gasteiger partial charge in [0.05, 0.1) is 0 Å². The Morgan fingerprint density at radius 1 is 1.12 bits per heavy atom. The lowest BCUT2D eigenvalue weighted by Crippen LogP contribution is -2.76. The van der Waals surface area contributed by atoms with E-state index in [2.05, 4.69) is 44.4 Å². The van der Waals surface area contributed by atoms with Crippen LogP contribution in [0.15, 0.2) is 0 Å². The number of fused-ring (bicyclic) bond motifs is 3. The zero-order chi connectivity index (χ0) is 12.6. The van der Waals surface area contributed by atoms with Gasteiger partial charge < -0.3 is 0 Å². The predicted octanol–water partition coefficient (Wildman–Crippen LogP) is 2.98. The van der Waals surface area contributed by atoms with E-state index in [9.17, 15) is 0 Å². The highest BCUT2D eigenvalue weighted by molar-refractivity contribution is 5.07. The maximum absolute atomic E-state index is 2.93. The summed E-state index contributed by atoms with van der Waals surface area (Å²) in [5.41, 5.74) is 0.464. The van der Waals surface area contributed by atoms with Crippen molar-refractivity contribution in [2.24, 2.45) is 5.92 Å². The molecule has 3 heterocycles. The summed E-state index contributed by atoms with van der Waals surface area (Å²) in [4.78, 5) is 5.67. The summed E-state index contributed by atoms with van der Waals surface area (Å²) in [6.07, 6.45) is 3.92. The van der Waals surface area contributed by atoms with Gasteiger partial charge in [-0.25, -0.2) is 0 Å². The van der Waals surface area contributed by atoms with E-state index in [1.165, 1.54) is 38.9 Å². The molecule has 0 aromatic rings. The zero-order valence-electron chi connectivity index (χ0n) is 12.4. The summed E-state index contributed by atoms with van der Waals surface area (Å²) in [6, 6.07) is 1.58. The molecule has 4 unspecified atom stereocenters. The van der Waals surface area contributed by atoms with Gasteiger partial charge in [-0.15, -0.1) is 0 Å². The molecule has 2 heteroatoms.